The second-order valence-corrected chi connectivity index (χ2v) is 6.31. The lowest BCUT2D eigenvalue weighted by atomic mass is 9.75. The van der Waals surface area contributed by atoms with E-state index in [1.165, 1.54) is 25.7 Å². The Kier molecular flexibility index (Phi) is 3.85. The smallest absolute Gasteiger partial charge is 0.124 e. The summed E-state index contributed by atoms with van der Waals surface area (Å²) >= 11 is 5.04. The highest BCUT2D eigenvalue weighted by Crippen LogP contribution is 2.36. The number of anilines is 1. The summed E-state index contributed by atoms with van der Waals surface area (Å²) in [5, 5.41) is 3.56. The van der Waals surface area contributed by atoms with E-state index in [1.54, 1.807) is 6.20 Å². The van der Waals surface area contributed by atoms with Crippen LogP contribution in [0.4, 0.5) is 5.69 Å². The first-order chi connectivity index (χ1) is 8.48. The Labute approximate surface area is 114 Å². The first kappa shape index (κ1) is 13.3. The molecule has 1 aliphatic rings. The van der Waals surface area contributed by atoms with Gasteiger partial charge in [-0.3, -0.25) is 4.98 Å². The molecule has 1 saturated carbocycles. The summed E-state index contributed by atoms with van der Waals surface area (Å²) in [6.45, 7) is 4.66. The highest BCUT2D eigenvalue weighted by molar-refractivity contribution is 7.80. The lowest BCUT2D eigenvalue weighted by Crippen LogP contribution is -2.32. The van der Waals surface area contributed by atoms with Gasteiger partial charge in [0.05, 0.1) is 5.69 Å². The van der Waals surface area contributed by atoms with Gasteiger partial charge in [0.1, 0.15) is 10.7 Å². The molecule has 1 aromatic heterocycles. The van der Waals surface area contributed by atoms with E-state index in [0.717, 1.165) is 5.69 Å². The fourth-order valence-electron chi connectivity index (χ4n) is 2.76. The van der Waals surface area contributed by atoms with E-state index in [2.05, 4.69) is 24.1 Å². The SMILES string of the molecule is CC1(C)CCCC(Nc2cccnc2C(N)=S)C1. The second-order valence-electron chi connectivity index (χ2n) is 5.87. The fourth-order valence-corrected chi connectivity index (χ4v) is 2.92. The van der Waals surface area contributed by atoms with Crippen molar-refractivity contribution in [3.05, 3.63) is 24.0 Å². The number of thiocarbonyl (C=S) groups is 1. The fraction of sp³-hybridized carbons (Fsp3) is 0.571. The molecule has 4 heteroatoms. The molecule has 0 spiro atoms. The predicted octanol–water partition coefficient (Wildman–Crippen LogP) is 3.10. The maximum atomic E-state index is 5.70. The molecule has 98 valence electrons. The van der Waals surface area contributed by atoms with Crippen LogP contribution in [0.3, 0.4) is 0 Å². The molecule has 0 aliphatic heterocycles. The van der Waals surface area contributed by atoms with Gasteiger partial charge in [0.25, 0.3) is 0 Å². The number of aromatic nitrogens is 1. The molecule has 3 N–H and O–H groups in total. The molecule has 1 aliphatic carbocycles. The van der Waals surface area contributed by atoms with Gasteiger partial charge in [-0.25, -0.2) is 0 Å². The van der Waals surface area contributed by atoms with Crippen LogP contribution in [0, 0.1) is 5.41 Å². The quantitative estimate of drug-likeness (QED) is 0.823. The highest BCUT2D eigenvalue weighted by atomic mass is 32.1. The molecule has 0 amide bonds. The second kappa shape index (κ2) is 5.22. The Morgan fingerprint density at radius 2 is 2.33 bits per heavy atom. The summed E-state index contributed by atoms with van der Waals surface area (Å²) in [4.78, 5) is 4.61. The van der Waals surface area contributed by atoms with E-state index in [4.69, 9.17) is 18.0 Å². The van der Waals surface area contributed by atoms with Crippen molar-refractivity contribution in [3.63, 3.8) is 0 Å². The maximum Gasteiger partial charge on any atom is 0.124 e. The van der Waals surface area contributed by atoms with Gasteiger partial charge in [0, 0.05) is 12.2 Å². The summed E-state index contributed by atoms with van der Waals surface area (Å²) in [5.74, 6) is 0. The predicted molar refractivity (Wildman–Crippen MR) is 79.8 cm³/mol. The number of nitrogens with zero attached hydrogens (tertiary/aromatic N) is 1. The molecule has 0 aromatic carbocycles. The summed E-state index contributed by atoms with van der Waals surface area (Å²) in [5.41, 5.74) is 7.79. The van der Waals surface area contributed by atoms with Gasteiger partial charge < -0.3 is 11.1 Å². The van der Waals surface area contributed by atoms with Crippen LogP contribution in [0.15, 0.2) is 18.3 Å². The Hall–Kier alpha value is -1.16. The molecular formula is C14H21N3S. The molecular weight excluding hydrogens is 242 g/mol. The van der Waals surface area contributed by atoms with Crippen molar-refractivity contribution in [2.75, 3.05) is 5.32 Å². The molecule has 1 aromatic rings. The van der Waals surface area contributed by atoms with Gasteiger partial charge in [-0.2, -0.15) is 0 Å². The lowest BCUT2D eigenvalue weighted by Gasteiger charge is -2.36. The Balaban J connectivity index is 2.12. The van der Waals surface area contributed by atoms with Crippen LogP contribution >= 0.6 is 12.2 Å². The topological polar surface area (TPSA) is 50.9 Å². The lowest BCUT2D eigenvalue weighted by molar-refractivity contribution is 0.229. The minimum atomic E-state index is 0.355. The third kappa shape index (κ3) is 3.19. The molecule has 1 unspecified atom stereocenters. The van der Waals surface area contributed by atoms with Crippen molar-refractivity contribution in [1.82, 2.24) is 4.98 Å². The zero-order chi connectivity index (χ0) is 13.2. The number of hydrogen-bond acceptors (Lipinski definition) is 3. The zero-order valence-electron chi connectivity index (χ0n) is 11.1. The summed E-state index contributed by atoms with van der Waals surface area (Å²) in [7, 11) is 0. The van der Waals surface area contributed by atoms with Crippen LogP contribution < -0.4 is 11.1 Å². The number of hydrogen-bond donors (Lipinski definition) is 2. The first-order valence-corrected chi connectivity index (χ1v) is 6.90. The van der Waals surface area contributed by atoms with E-state index < -0.39 is 0 Å². The molecule has 3 nitrogen and oxygen atoms in total. The van der Waals surface area contributed by atoms with E-state index in [1.807, 2.05) is 12.1 Å². The summed E-state index contributed by atoms with van der Waals surface area (Å²) in [6.07, 6.45) is 6.69. The third-order valence-corrected chi connectivity index (χ3v) is 3.80. The van der Waals surface area contributed by atoms with Crippen LogP contribution in [0.2, 0.25) is 0 Å². The first-order valence-electron chi connectivity index (χ1n) is 6.49. The number of pyridine rings is 1. The Morgan fingerprint density at radius 3 is 3.00 bits per heavy atom. The van der Waals surface area contributed by atoms with E-state index >= 15 is 0 Å². The highest BCUT2D eigenvalue weighted by Gasteiger charge is 2.28. The number of nitrogens with one attached hydrogen (secondary N) is 1. The van der Waals surface area contributed by atoms with Gasteiger partial charge in [-0.05, 0) is 36.8 Å². The van der Waals surface area contributed by atoms with Crippen molar-refractivity contribution in [2.45, 2.75) is 45.6 Å². The maximum absolute atomic E-state index is 5.70. The zero-order valence-corrected chi connectivity index (χ0v) is 11.9. The Morgan fingerprint density at radius 1 is 1.56 bits per heavy atom. The van der Waals surface area contributed by atoms with Gasteiger partial charge in [-0.1, -0.05) is 32.5 Å². The summed E-state index contributed by atoms with van der Waals surface area (Å²) < 4.78 is 0. The number of nitrogens with two attached hydrogens (primary N) is 1. The Bertz CT molecular complexity index is 442. The van der Waals surface area contributed by atoms with Crippen molar-refractivity contribution >= 4 is 22.9 Å². The molecule has 1 atom stereocenters. The minimum absolute atomic E-state index is 0.355. The van der Waals surface area contributed by atoms with Gasteiger partial charge >= 0.3 is 0 Å². The van der Waals surface area contributed by atoms with Crippen molar-refractivity contribution in [2.24, 2.45) is 11.1 Å². The monoisotopic (exact) mass is 263 g/mol. The molecule has 2 rings (SSSR count). The van der Waals surface area contributed by atoms with Crippen LogP contribution in [-0.4, -0.2) is 16.0 Å². The molecule has 1 fully saturated rings. The summed E-state index contributed by atoms with van der Waals surface area (Å²) in [6, 6.07) is 4.41. The van der Waals surface area contributed by atoms with Gasteiger partial charge in [-0.15, -0.1) is 0 Å². The molecule has 0 radical (unpaired) electrons. The molecule has 0 bridgehead atoms. The average Bonchev–Trinajstić information content (AvgIpc) is 2.28. The normalized spacial score (nSPS) is 22.4. The van der Waals surface area contributed by atoms with Gasteiger partial charge in [0.2, 0.25) is 0 Å². The standard InChI is InChI=1S/C14H21N3S/c1-14(2)7-3-5-10(9-14)17-11-6-4-8-16-12(11)13(15)18/h4,6,8,10,17H,3,5,7,9H2,1-2H3,(H2,15,18). The van der Waals surface area contributed by atoms with Crippen LogP contribution in [0.1, 0.15) is 45.2 Å². The molecule has 1 heterocycles. The van der Waals surface area contributed by atoms with Crippen molar-refractivity contribution in [3.8, 4) is 0 Å². The average molecular weight is 263 g/mol. The minimum Gasteiger partial charge on any atom is -0.388 e. The van der Waals surface area contributed by atoms with E-state index in [0.29, 0.717) is 22.1 Å². The van der Waals surface area contributed by atoms with Crippen LogP contribution in [0.5, 0.6) is 0 Å². The van der Waals surface area contributed by atoms with Crippen LogP contribution in [0.25, 0.3) is 0 Å². The molecule has 18 heavy (non-hydrogen) atoms. The van der Waals surface area contributed by atoms with Crippen LogP contribution in [-0.2, 0) is 0 Å². The van der Waals surface area contributed by atoms with Gasteiger partial charge in [0.15, 0.2) is 0 Å². The third-order valence-electron chi connectivity index (χ3n) is 3.61. The largest absolute Gasteiger partial charge is 0.388 e. The number of rotatable bonds is 3. The van der Waals surface area contributed by atoms with E-state index in [9.17, 15) is 0 Å². The van der Waals surface area contributed by atoms with Crippen molar-refractivity contribution < 1.29 is 0 Å². The van der Waals surface area contributed by atoms with Crippen molar-refractivity contribution in [1.29, 1.82) is 0 Å². The molecule has 0 saturated heterocycles. The van der Waals surface area contributed by atoms with E-state index in [-0.39, 0.29) is 0 Å².